The highest BCUT2D eigenvalue weighted by atomic mass is 35.5. The van der Waals surface area contributed by atoms with E-state index in [4.69, 9.17) is 11.6 Å². The Bertz CT molecular complexity index is 215. The molecule has 1 aromatic rings. The van der Waals surface area contributed by atoms with Crippen molar-refractivity contribution in [2.45, 2.75) is 5.75 Å². The van der Waals surface area contributed by atoms with Gasteiger partial charge in [0.2, 0.25) is 0 Å². The third-order valence-corrected chi connectivity index (χ3v) is 1.86. The number of halogens is 1. The number of nitrogens with zero attached hydrogens (tertiary/aromatic N) is 1. The Balaban J connectivity index is 2.75. The van der Waals surface area contributed by atoms with E-state index in [9.17, 15) is 0 Å². The van der Waals surface area contributed by atoms with Crippen molar-refractivity contribution >= 4 is 23.4 Å². The molecule has 0 saturated carbocycles. The molecule has 0 radical (unpaired) electrons. The van der Waals surface area contributed by atoms with Crippen molar-refractivity contribution in [3.63, 3.8) is 0 Å². The lowest BCUT2D eigenvalue weighted by atomic mass is 10.4. The van der Waals surface area contributed by atoms with Gasteiger partial charge in [0.05, 0.1) is 5.69 Å². The van der Waals surface area contributed by atoms with Crippen molar-refractivity contribution < 1.29 is 0 Å². The molecule has 0 fully saturated rings. The molecule has 0 aliphatic heterocycles. The van der Waals surface area contributed by atoms with Gasteiger partial charge in [0.1, 0.15) is 5.15 Å². The third kappa shape index (κ3) is 2.20. The predicted molar refractivity (Wildman–Crippen MR) is 46.5 cm³/mol. The van der Waals surface area contributed by atoms with Crippen molar-refractivity contribution in [3.8, 4) is 0 Å². The van der Waals surface area contributed by atoms with Crippen LogP contribution in [-0.4, -0.2) is 11.2 Å². The van der Waals surface area contributed by atoms with Crippen molar-refractivity contribution in [1.82, 2.24) is 4.98 Å². The molecule has 10 heavy (non-hydrogen) atoms. The molecular formula is C7H8ClNS. The molecule has 1 rings (SSSR count). The number of hydrogen-bond acceptors (Lipinski definition) is 2. The molecule has 0 amide bonds. The minimum atomic E-state index is 0.576. The second kappa shape index (κ2) is 3.84. The van der Waals surface area contributed by atoms with E-state index in [2.05, 4.69) is 4.98 Å². The van der Waals surface area contributed by atoms with Crippen LogP contribution < -0.4 is 0 Å². The van der Waals surface area contributed by atoms with Gasteiger partial charge in [0.15, 0.2) is 0 Å². The summed E-state index contributed by atoms with van der Waals surface area (Å²) in [4.78, 5) is 4.11. The van der Waals surface area contributed by atoms with Crippen LogP contribution in [0.5, 0.6) is 0 Å². The molecule has 54 valence electrons. The molecule has 1 heterocycles. The van der Waals surface area contributed by atoms with Crippen molar-refractivity contribution in [2.75, 3.05) is 6.26 Å². The van der Waals surface area contributed by atoms with Crippen molar-refractivity contribution in [2.24, 2.45) is 0 Å². The van der Waals surface area contributed by atoms with E-state index in [1.54, 1.807) is 17.8 Å². The molecule has 0 N–H and O–H groups in total. The van der Waals surface area contributed by atoms with E-state index in [1.165, 1.54) is 0 Å². The van der Waals surface area contributed by atoms with Crippen LogP contribution in [0.3, 0.4) is 0 Å². The third-order valence-electron chi connectivity index (χ3n) is 1.07. The van der Waals surface area contributed by atoms with Gasteiger partial charge in [-0.05, 0) is 18.4 Å². The van der Waals surface area contributed by atoms with Gasteiger partial charge in [-0.15, -0.1) is 0 Å². The summed E-state index contributed by atoms with van der Waals surface area (Å²) in [7, 11) is 0. The molecule has 3 heteroatoms. The minimum Gasteiger partial charge on any atom is -0.240 e. The Morgan fingerprint density at radius 2 is 2.40 bits per heavy atom. The van der Waals surface area contributed by atoms with Gasteiger partial charge in [-0.2, -0.15) is 11.8 Å². The van der Waals surface area contributed by atoms with Crippen LogP contribution in [-0.2, 0) is 5.75 Å². The minimum absolute atomic E-state index is 0.576. The van der Waals surface area contributed by atoms with Gasteiger partial charge in [0, 0.05) is 5.75 Å². The highest BCUT2D eigenvalue weighted by molar-refractivity contribution is 7.97. The highest BCUT2D eigenvalue weighted by Gasteiger charge is 1.92. The maximum atomic E-state index is 5.66. The van der Waals surface area contributed by atoms with E-state index in [0.717, 1.165) is 11.4 Å². The summed E-state index contributed by atoms with van der Waals surface area (Å²) in [5, 5.41) is 0.576. The average molecular weight is 174 g/mol. The van der Waals surface area contributed by atoms with Crippen LogP contribution in [0.1, 0.15) is 5.69 Å². The Morgan fingerprint density at radius 3 is 3.00 bits per heavy atom. The highest BCUT2D eigenvalue weighted by Crippen LogP contribution is 2.09. The first-order valence-electron chi connectivity index (χ1n) is 2.93. The zero-order valence-electron chi connectivity index (χ0n) is 5.67. The molecular weight excluding hydrogens is 166 g/mol. The molecule has 0 bridgehead atoms. The number of thioether (sulfide) groups is 1. The van der Waals surface area contributed by atoms with E-state index in [1.807, 2.05) is 18.4 Å². The Morgan fingerprint density at radius 1 is 1.60 bits per heavy atom. The maximum Gasteiger partial charge on any atom is 0.129 e. The standard InChI is InChI=1S/C7H8ClNS/c1-10-5-6-3-2-4-7(8)9-6/h2-4H,5H2,1H3. The van der Waals surface area contributed by atoms with E-state index in [0.29, 0.717) is 5.15 Å². The van der Waals surface area contributed by atoms with Crippen molar-refractivity contribution in [1.29, 1.82) is 0 Å². The molecule has 0 aliphatic carbocycles. The maximum absolute atomic E-state index is 5.66. The monoisotopic (exact) mass is 173 g/mol. The molecule has 0 unspecified atom stereocenters. The van der Waals surface area contributed by atoms with Gasteiger partial charge in [0.25, 0.3) is 0 Å². The van der Waals surface area contributed by atoms with Gasteiger partial charge in [-0.25, -0.2) is 4.98 Å². The molecule has 1 nitrogen and oxygen atoms in total. The molecule has 0 aliphatic rings. The summed E-state index contributed by atoms with van der Waals surface area (Å²) in [5.74, 6) is 0.931. The number of rotatable bonds is 2. The SMILES string of the molecule is CSCc1cccc(Cl)n1. The molecule has 0 atom stereocenters. The van der Waals surface area contributed by atoms with Gasteiger partial charge in [-0.3, -0.25) is 0 Å². The number of hydrogen-bond donors (Lipinski definition) is 0. The Labute approximate surface area is 69.8 Å². The first-order chi connectivity index (χ1) is 4.83. The summed E-state index contributed by atoms with van der Waals surface area (Å²) in [6.45, 7) is 0. The summed E-state index contributed by atoms with van der Waals surface area (Å²) < 4.78 is 0. The Hall–Kier alpha value is -0.210. The topological polar surface area (TPSA) is 12.9 Å². The largest absolute Gasteiger partial charge is 0.240 e. The zero-order chi connectivity index (χ0) is 7.40. The van der Waals surface area contributed by atoms with E-state index in [-0.39, 0.29) is 0 Å². The fraction of sp³-hybridized carbons (Fsp3) is 0.286. The van der Waals surface area contributed by atoms with Crippen molar-refractivity contribution in [3.05, 3.63) is 29.0 Å². The second-order valence-electron chi connectivity index (χ2n) is 1.88. The fourth-order valence-corrected chi connectivity index (χ4v) is 1.32. The van der Waals surface area contributed by atoms with E-state index >= 15 is 0 Å². The number of pyridine rings is 1. The summed E-state index contributed by atoms with van der Waals surface area (Å²) in [5.41, 5.74) is 1.04. The van der Waals surface area contributed by atoms with Crippen LogP contribution >= 0.6 is 23.4 Å². The quantitative estimate of drug-likeness (QED) is 0.638. The van der Waals surface area contributed by atoms with Gasteiger partial charge in [-0.1, -0.05) is 17.7 Å². The zero-order valence-corrected chi connectivity index (χ0v) is 7.25. The van der Waals surface area contributed by atoms with Crippen LogP contribution in [0.4, 0.5) is 0 Å². The van der Waals surface area contributed by atoms with Crippen LogP contribution in [0.15, 0.2) is 18.2 Å². The average Bonchev–Trinajstić information content (AvgIpc) is 1.88. The summed E-state index contributed by atoms with van der Waals surface area (Å²) in [6.07, 6.45) is 2.04. The first kappa shape index (κ1) is 7.89. The van der Waals surface area contributed by atoms with Gasteiger partial charge < -0.3 is 0 Å². The molecule has 1 aromatic heterocycles. The smallest absolute Gasteiger partial charge is 0.129 e. The first-order valence-corrected chi connectivity index (χ1v) is 4.70. The van der Waals surface area contributed by atoms with Crippen LogP contribution in [0, 0.1) is 0 Å². The molecule has 0 spiro atoms. The Kier molecular flexibility index (Phi) is 3.03. The normalized spacial score (nSPS) is 9.80. The predicted octanol–water partition coefficient (Wildman–Crippen LogP) is 2.60. The number of aromatic nitrogens is 1. The van der Waals surface area contributed by atoms with Gasteiger partial charge >= 0.3 is 0 Å². The van der Waals surface area contributed by atoms with E-state index < -0.39 is 0 Å². The lowest BCUT2D eigenvalue weighted by Gasteiger charge is -1.95. The van der Waals surface area contributed by atoms with Crippen LogP contribution in [0.2, 0.25) is 5.15 Å². The summed E-state index contributed by atoms with van der Waals surface area (Å²) >= 11 is 7.40. The molecule has 0 aromatic carbocycles. The lowest BCUT2D eigenvalue weighted by Crippen LogP contribution is -1.84. The second-order valence-corrected chi connectivity index (χ2v) is 3.14. The lowest BCUT2D eigenvalue weighted by molar-refractivity contribution is 1.18. The summed E-state index contributed by atoms with van der Waals surface area (Å²) in [6, 6.07) is 5.68. The van der Waals surface area contributed by atoms with Crippen LogP contribution in [0.25, 0.3) is 0 Å². The molecule has 0 saturated heterocycles. The fourth-order valence-electron chi connectivity index (χ4n) is 0.679.